The van der Waals surface area contributed by atoms with Crippen LogP contribution >= 0.6 is 0 Å². The minimum absolute atomic E-state index is 0.424. The second kappa shape index (κ2) is 1.88. The lowest BCUT2D eigenvalue weighted by atomic mass is 10.4. The number of H-pyrrole nitrogens is 1. The molecule has 2 rings (SSSR count). The average molecular weight is 149 g/mol. The van der Waals surface area contributed by atoms with Crippen LogP contribution in [-0.4, -0.2) is 15.5 Å². The van der Waals surface area contributed by atoms with Gasteiger partial charge in [-0.05, 0) is 18.2 Å². The van der Waals surface area contributed by atoms with Crippen LogP contribution in [0.1, 0.15) is 10.5 Å². The first-order valence-electron chi connectivity index (χ1n) is 3.23. The summed E-state index contributed by atoms with van der Waals surface area (Å²) in [6, 6.07) is 5.39. The van der Waals surface area contributed by atoms with Crippen LogP contribution < -0.4 is 5.73 Å². The number of nitrogens with zero attached hydrogens (tertiary/aromatic N) is 1. The van der Waals surface area contributed by atoms with Gasteiger partial charge in [0.25, 0.3) is 5.91 Å². The Morgan fingerprint density at radius 3 is 3.00 bits per heavy atom. The molecule has 0 fully saturated rings. The van der Waals surface area contributed by atoms with Gasteiger partial charge in [-0.3, -0.25) is 9.31 Å². The van der Waals surface area contributed by atoms with Crippen molar-refractivity contribution in [1.29, 1.82) is 0 Å². The quantitative estimate of drug-likeness (QED) is 0.604. The first-order chi connectivity index (χ1) is 5.29. The molecule has 2 aromatic rings. The summed E-state index contributed by atoms with van der Waals surface area (Å²) >= 11 is 0. The van der Waals surface area contributed by atoms with E-state index in [1.165, 1.54) is 0 Å². The second-order valence-electron chi connectivity index (χ2n) is 2.31. The molecule has 0 unspecified atom stereocenters. The summed E-state index contributed by atoms with van der Waals surface area (Å²) in [5.41, 5.74) is 6.52. The van der Waals surface area contributed by atoms with E-state index < -0.39 is 5.91 Å². The Kier molecular flexibility index (Phi) is 1.03. The Balaban J connectivity index is 2.78. The molecule has 0 atom stereocenters. The third-order valence-electron chi connectivity index (χ3n) is 1.62. The number of amides is 1. The zero-order valence-electron chi connectivity index (χ0n) is 5.74. The molecular weight excluding hydrogens is 142 g/mol. The van der Waals surface area contributed by atoms with Crippen molar-refractivity contribution in [3.63, 3.8) is 0 Å². The van der Waals surface area contributed by atoms with Crippen LogP contribution in [0.4, 0.5) is 0 Å². The molecule has 4 heteroatoms. The summed E-state index contributed by atoms with van der Waals surface area (Å²) in [5.74, 6) is -0.424. The summed E-state index contributed by atoms with van der Waals surface area (Å²) < 4.78 is 1.64. The van der Waals surface area contributed by atoms with Crippen molar-refractivity contribution in [2.75, 3.05) is 0 Å². The molecule has 3 N–H and O–H groups in total. The number of hydrogen-bond acceptors (Lipinski definition) is 1. The number of carbonyl (C=O) groups is 1. The van der Waals surface area contributed by atoms with E-state index in [1.807, 2.05) is 12.1 Å². The topological polar surface area (TPSA) is 63.3 Å². The molecule has 0 aliphatic rings. The summed E-state index contributed by atoms with van der Waals surface area (Å²) in [5, 5.41) is 2.87. The van der Waals surface area contributed by atoms with E-state index in [0.717, 1.165) is 5.52 Å². The Morgan fingerprint density at radius 2 is 2.27 bits per heavy atom. The summed E-state index contributed by atoms with van der Waals surface area (Å²) in [7, 11) is 0. The van der Waals surface area contributed by atoms with E-state index in [9.17, 15) is 4.79 Å². The normalized spacial score (nSPS) is 10.5. The van der Waals surface area contributed by atoms with Gasteiger partial charge in [-0.1, -0.05) is 0 Å². The molecule has 2 aromatic heterocycles. The molecular formula is C7H7N3O. The van der Waals surface area contributed by atoms with Gasteiger partial charge in [0.15, 0.2) is 0 Å². The maximum atomic E-state index is 10.8. The molecule has 0 radical (unpaired) electrons. The Bertz CT molecular complexity index is 398. The minimum Gasteiger partial charge on any atom is -0.364 e. The van der Waals surface area contributed by atoms with Crippen molar-refractivity contribution in [1.82, 2.24) is 9.61 Å². The molecule has 0 aliphatic heterocycles. The van der Waals surface area contributed by atoms with Crippen molar-refractivity contribution in [2.24, 2.45) is 5.73 Å². The average Bonchev–Trinajstić information content (AvgIpc) is 2.41. The van der Waals surface area contributed by atoms with Gasteiger partial charge in [-0.15, -0.1) is 0 Å². The number of fused-ring (bicyclic) bond motifs is 1. The summed E-state index contributed by atoms with van der Waals surface area (Å²) in [4.78, 5) is 10.8. The first kappa shape index (κ1) is 6.03. The number of carbonyl (C=O) groups excluding carboxylic acids is 1. The molecule has 0 bridgehead atoms. The maximum absolute atomic E-state index is 10.8. The standard InChI is InChI=1S/C7H7N3O/c8-7(11)6-2-1-5-3-4-9-10(5)6/h1-4,9H,(H2,8,11). The number of aromatic nitrogens is 2. The van der Waals surface area contributed by atoms with Gasteiger partial charge in [0.2, 0.25) is 0 Å². The summed E-state index contributed by atoms with van der Waals surface area (Å²) in [6.45, 7) is 0. The Morgan fingerprint density at radius 1 is 1.45 bits per heavy atom. The molecule has 0 aromatic carbocycles. The Labute approximate surface area is 62.6 Å². The highest BCUT2D eigenvalue weighted by Gasteiger charge is 2.05. The van der Waals surface area contributed by atoms with Crippen molar-refractivity contribution >= 4 is 11.4 Å². The van der Waals surface area contributed by atoms with Gasteiger partial charge in [0.1, 0.15) is 5.69 Å². The Hall–Kier alpha value is -1.71. The fourth-order valence-electron chi connectivity index (χ4n) is 1.12. The number of primary amides is 1. The minimum atomic E-state index is -0.424. The van der Waals surface area contributed by atoms with Crippen molar-refractivity contribution < 1.29 is 4.79 Å². The molecule has 4 nitrogen and oxygen atoms in total. The molecule has 1 amide bonds. The van der Waals surface area contributed by atoms with E-state index in [-0.39, 0.29) is 0 Å². The number of hydrogen-bond donors (Lipinski definition) is 2. The highest BCUT2D eigenvalue weighted by Crippen LogP contribution is 2.06. The van der Waals surface area contributed by atoms with Gasteiger partial charge in [-0.25, -0.2) is 0 Å². The van der Waals surface area contributed by atoms with Gasteiger partial charge in [0, 0.05) is 6.20 Å². The van der Waals surface area contributed by atoms with Crippen molar-refractivity contribution in [2.45, 2.75) is 0 Å². The molecule has 0 aliphatic carbocycles. The second-order valence-corrected chi connectivity index (χ2v) is 2.31. The van der Waals surface area contributed by atoms with Crippen LogP contribution in [-0.2, 0) is 0 Å². The van der Waals surface area contributed by atoms with Crippen LogP contribution in [0, 0.1) is 0 Å². The van der Waals surface area contributed by atoms with Crippen molar-refractivity contribution in [3.8, 4) is 0 Å². The van der Waals surface area contributed by atoms with E-state index in [0.29, 0.717) is 5.69 Å². The van der Waals surface area contributed by atoms with Gasteiger partial charge < -0.3 is 10.8 Å². The fourth-order valence-corrected chi connectivity index (χ4v) is 1.12. The van der Waals surface area contributed by atoms with E-state index in [1.54, 1.807) is 16.8 Å². The fraction of sp³-hybridized carbons (Fsp3) is 0. The SMILES string of the molecule is NC(=O)c1ccc2cc[nH]n12. The van der Waals surface area contributed by atoms with E-state index in [2.05, 4.69) is 5.10 Å². The van der Waals surface area contributed by atoms with Gasteiger partial charge in [0.05, 0.1) is 5.52 Å². The van der Waals surface area contributed by atoms with E-state index in [4.69, 9.17) is 5.73 Å². The smallest absolute Gasteiger partial charge is 0.267 e. The van der Waals surface area contributed by atoms with Crippen LogP contribution in [0.15, 0.2) is 24.4 Å². The lowest BCUT2D eigenvalue weighted by Crippen LogP contribution is -2.13. The predicted molar refractivity (Wildman–Crippen MR) is 40.3 cm³/mol. The van der Waals surface area contributed by atoms with Gasteiger partial charge in [-0.2, -0.15) is 0 Å². The summed E-state index contributed by atoms with van der Waals surface area (Å²) in [6.07, 6.45) is 1.75. The molecule has 0 saturated carbocycles. The highest BCUT2D eigenvalue weighted by molar-refractivity contribution is 5.92. The first-order valence-corrected chi connectivity index (χ1v) is 3.23. The number of aromatic amines is 1. The monoisotopic (exact) mass is 149 g/mol. The lowest BCUT2D eigenvalue weighted by Gasteiger charge is -1.91. The predicted octanol–water partition coefficient (Wildman–Crippen LogP) is 0.366. The van der Waals surface area contributed by atoms with Crippen LogP contribution in [0.3, 0.4) is 0 Å². The molecule has 56 valence electrons. The number of nitrogens with one attached hydrogen (secondary N) is 1. The number of nitrogens with two attached hydrogens (primary N) is 1. The zero-order valence-corrected chi connectivity index (χ0v) is 5.74. The molecule has 0 spiro atoms. The third-order valence-corrected chi connectivity index (χ3v) is 1.62. The van der Waals surface area contributed by atoms with Crippen LogP contribution in [0.5, 0.6) is 0 Å². The van der Waals surface area contributed by atoms with Crippen molar-refractivity contribution in [3.05, 3.63) is 30.1 Å². The molecule has 11 heavy (non-hydrogen) atoms. The third kappa shape index (κ3) is 0.724. The molecule has 0 saturated heterocycles. The van der Waals surface area contributed by atoms with Crippen LogP contribution in [0.2, 0.25) is 0 Å². The zero-order chi connectivity index (χ0) is 7.84. The largest absolute Gasteiger partial charge is 0.364 e. The maximum Gasteiger partial charge on any atom is 0.267 e. The van der Waals surface area contributed by atoms with E-state index >= 15 is 0 Å². The molecule has 2 heterocycles. The highest BCUT2D eigenvalue weighted by atomic mass is 16.1. The number of rotatable bonds is 1. The van der Waals surface area contributed by atoms with Gasteiger partial charge >= 0.3 is 0 Å². The lowest BCUT2D eigenvalue weighted by molar-refractivity contribution is 0.0994. The van der Waals surface area contributed by atoms with Crippen LogP contribution in [0.25, 0.3) is 5.52 Å².